The van der Waals surface area contributed by atoms with E-state index in [1.807, 2.05) is 12.1 Å². The van der Waals surface area contributed by atoms with Crippen LogP contribution in [-0.4, -0.2) is 18.5 Å². The normalized spacial score (nSPS) is 19.3. The summed E-state index contributed by atoms with van der Waals surface area (Å²) in [5.41, 5.74) is 2.17. The molecule has 1 aromatic carbocycles. The molecular weight excluding hydrogens is 200 g/mol. The topological polar surface area (TPSA) is 41.1 Å². The summed E-state index contributed by atoms with van der Waals surface area (Å²) in [7, 11) is 0. The third-order valence-corrected chi connectivity index (χ3v) is 2.99. The van der Waals surface area contributed by atoms with E-state index in [4.69, 9.17) is 0 Å². The van der Waals surface area contributed by atoms with E-state index in [0.717, 1.165) is 18.7 Å². The van der Waals surface area contributed by atoms with Crippen LogP contribution in [0.5, 0.6) is 0 Å². The molecule has 0 bridgehead atoms. The van der Waals surface area contributed by atoms with E-state index in [0.29, 0.717) is 5.92 Å². The molecule has 3 nitrogen and oxygen atoms in total. The van der Waals surface area contributed by atoms with Crippen molar-refractivity contribution in [1.82, 2.24) is 5.32 Å². The largest absolute Gasteiger partial charge is 0.325 e. The van der Waals surface area contributed by atoms with Crippen LogP contribution in [0.25, 0.3) is 0 Å². The highest BCUT2D eigenvalue weighted by atomic mass is 16.2. The van der Waals surface area contributed by atoms with E-state index in [1.165, 1.54) is 5.56 Å². The zero-order valence-electron chi connectivity index (χ0n) is 9.79. The van der Waals surface area contributed by atoms with Crippen molar-refractivity contribution in [1.29, 1.82) is 0 Å². The summed E-state index contributed by atoms with van der Waals surface area (Å²) in [5.74, 6) is 0.599. The summed E-state index contributed by atoms with van der Waals surface area (Å²) >= 11 is 0. The van der Waals surface area contributed by atoms with Gasteiger partial charge in [0.05, 0.1) is 6.04 Å². The van der Waals surface area contributed by atoms with Crippen molar-refractivity contribution in [2.24, 2.45) is 0 Å². The van der Waals surface area contributed by atoms with Gasteiger partial charge in [-0.2, -0.15) is 0 Å². The number of benzene rings is 1. The number of amides is 1. The quantitative estimate of drug-likeness (QED) is 0.815. The first-order valence-electron chi connectivity index (χ1n) is 5.81. The lowest BCUT2D eigenvalue weighted by atomic mass is 10.0. The minimum atomic E-state index is 0.00442. The molecule has 1 amide bonds. The lowest BCUT2D eigenvalue weighted by molar-refractivity contribution is -0.119. The van der Waals surface area contributed by atoms with E-state index in [-0.39, 0.29) is 11.9 Å². The average molecular weight is 218 g/mol. The van der Waals surface area contributed by atoms with Gasteiger partial charge in [0.2, 0.25) is 5.91 Å². The van der Waals surface area contributed by atoms with Crippen LogP contribution in [0, 0.1) is 0 Å². The number of carbonyl (C=O) groups is 1. The van der Waals surface area contributed by atoms with Crippen LogP contribution in [0.1, 0.15) is 31.7 Å². The smallest absolute Gasteiger partial charge is 0.241 e. The molecule has 0 saturated carbocycles. The van der Waals surface area contributed by atoms with Crippen molar-refractivity contribution in [3.8, 4) is 0 Å². The molecule has 0 radical (unpaired) electrons. The van der Waals surface area contributed by atoms with E-state index in [2.05, 4.69) is 36.6 Å². The second-order valence-corrected chi connectivity index (χ2v) is 4.56. The fourth-order valence-corrected chi connectivity index (χ4v) is 1.69. The highest BCUT2D eigenvalue weighted by Crippen LogP contribution is 2.17. The summed E-state index contributed by atoms with van der Waals surface area (Å²) in [6.45, 7) is 5.27. The maximum absolute atomic E-state index is 11.6. The molecule has 1 aliphatic rings. The molecule has 1 saturated heterocycles. The van der Waals surface area contributed by atoms with Crippen LogP contribution in [0.2, 0.25) is 0 Å². The molecule has 2 N–H and O–H groups in total. The third-order valence-electron chi connectivity index (χ3n) is 2.99. The average Bonchev–Trinajstić information content (AvgIpc) is 2.15. The van der Waals surface area contributed by atoms with Crippen LogP contribution < -0.4 is 10.6 Å². The van der Waals surface area contributed by atoms with Crippen LogP contribution in [0.15, 0.2) is 24.3 Å². The Labute approximate surface area is 96.2 Å². The first-order chi connectivity index (χ1) is 7.66. The predicted octanol–water partition coefficient (Wildman–Crippen LogP) is 2.11. The Morgan fingerprint density at radius 3 is 2.44 bits per heavy atom. The van der Waals surface area contributed by atoms with Crippen molar-refractivity contribution in [2.45, 2.75) is 32.2 Å². The summed E-state index contributed by atoms with van der Waals surface area (Å²) in [6.07, 6.45) is 0.940. The Morgan fingerprint density at radius 1 is 1.38 bits per heavy atom. The molecule has 1 aliphatic heterocycles. The Morgan fingerprint density at radius 2 is 2.00 bits per heavy atom. The van der Waals surface area contributed by atoms with E-state index in [9.17, 15) is 4.79 Å². The highest BCUT2D eigenvalue weighted by Gasteiger charge is 2.24. The number of anilines is 1. The Kier molecular flexibility index (Phi) is 3.25. The van der Waals surface area contributed by atoms with Crippen LogP contribution >= 0.6 is 0 Å². The minimum absolute atomic E-state index is 0.00442. The van der Waals surface area contributed by atoms with Gasteiger partial charge in [0, 0.05) is 5.69 Å². The fraction of sp³-hybridized carbons (Fsp3) is 0.462. The van der Waals surface area contributed by atoms with Crippen LogP contribution in [-0.2, 0) is 4.79 Å². The molecular formula is C13H18N2O. The van der Waals surface area contributed by atoms with Gasteiger partial charge in [0.15, 0.2) is 0 Å². The number of carbonyl (C=O) groups excluding carboxylic acids is 1. The second kappa shape index (κ2) is 4.66. The van der Waals surface area contributed by atoms with Gasteiger partial charge in [-0.25, -0.2) is 0 Å². The van der Waals surface area contributed by atoms with Crippen molar-refractivity contribution in [2.75, 3.05) is 11.9 Å². The Bertz CT molecular complexity index is 366. The molecule has 0 spiro atoms. The van der Waals surface area contributed by atoms with Gasteiger partial charge in [0.1, 0.15) is 0 Å². The third kappa shape index (κ3) is 2.42. The molecule has 0 aliphatic carbocycles. The van der Waals surface area contributed by atoms with Crippen LogP contribution in [0.3, 0.4) is 0 Å². The van der Waals surface area contributed by atoms with Crippen molar-refractivity contribution >= 4 is 11.6 Å². The molecule has 2 rings (SSSR count). The molecule has 1 atom stereocenters. The zero-order valence-corrected chi connectivity index (χ0v) is 9.79. The standard InChI is InChI=1S/C13H18N2O/c1-9(2)10-3-5-11(6-4-10)15-13(16)12-7-8-14-12/h3-6,9,12,14H,7-8H2,1-2H3,(H,15,16). The second-order valence-electron chi connectivity index (χ2n) is 4.56. The molecule has 1 fully saturated rings. The SMILES string of the molecule is CC(C)c1ccc(NC(=O)C2CCN2)cc1. The van der Waals surface area contributed by atoms with Gasteiger partial charge in [-0.15, -0.1) is 0 Å². The van der Waals surface area contributed by atoms with Crippen LogP contribution in [0.4, 0.5) is 5.69 Å². The first-order valence-corrected chi connectivity index (χ1v) is 5.81. The van der Waals surface area contributed by atoms with E-state index in [1.54, 1.807) is 0 Å². The van der Waals surface area contributed by atoms with Gasteiger partial charge >= 0.3 is 0 Å². The van der Waals surface area contributed by atoms with Crippen molar-refractivity contribution < 1.29 is 4.79 Å². The van der Waals surface area contributed by atoms with Gasteiger partial charge in [-0.3, -0.25) is 4.79 Å². The number of hydrogen-bond acceptors (Lipinski definition) is 2. The molecule has 1 aromatic rings. The predicted molar refractivity (Wildman–Crippen MR) is 65.6 cm³/mol. The van der Waals surface area contributed by atoms with E-state index >= 15 is 0 Å². The number of rotatable bonds is 3. The summed E-state index contributed by atoms with van der Waals surface area (Å²) in [5, 5.41) is 5.99. The zero-order chi connectivity index (χ0) is 11.5. The lowest BCUT2D eigenvalue weighted by Gasteiger charge is -2.26. The molecule has 1 heterocycles. The minimum Gasteiger partial charge on any atom is -0.325 e. The van der Waals surface area contributed by atoms with Gasteiger partial charge in [-0.1, -0.05) is 26.0 Å². The number of hydrogen-bond donors (Lipinski definition) is 2. The van der Waals surface area contributed by atoms with Gasteiger partial charge in [0.25, 0.3) is 0 Å². The molecule has 0 aromatic heterocycles. The fourth-order valence-electron chi connectivity index (χ4n) is 1.69. The highest BCUT2D eigenvalue weighted by molar-refractivity contribution is 5.95. The maximum Gasteiger partial charge on any atom is 0.241 e. The summed E-state index contributed by atoms with van der Waals surface area (Å²) in [4.78, 5) is 11.6. The monoisotopic (exact) mass is 218 g/mol. The first kappa shape index (κ1) is 11.1. The number of nitrogens with one attached hydrogen (secondary N) is 2. The van der Waals surface area contributed by atoms with Crippen molar-refractivity contribution in [3.05, 3.63) is 29.8 Å². The Hall–Kier alpha value is -1.35. The molecule has 16 heavy (non-hydrogen) atoms. The van der Waals surface area contributed by atoms with Gasteiger partial charge < -0.3 is 10.6 Å². The summed E-state index contributed by atoms with van der Waals surface area (Å²) < 4.78 is 0. The maximum atomic E-state index is 11.6. The molecule has 3 heteroatoms. The lowest BCUT2D eigenvalue weighted by Crippen LogP contribution is -2.50. The molecule has 1 unspecified atom stereocenters. The Balaban J connectivity index is 1.96. The summed E-state index contributed by atoms with van der Waals surface area (Å²) in [6, 6.07) is 8.06. The van der Waals surface area contributed by atoms with Crippen molar-refractivity contribution in [3.63, 3.8) is 0 Å². The van der Waals surface area contributed by atoms with Gasteiger partial charge in [-0.05, 0) is 36.6 Å². The van der Waals surface area contributed by atoms with E-state index < -0.39 is 0 Å². The molecule has 86 valence electrons.